The Morgan fingerprint density at radius 2 is 1.76 bits per heavy atom. The van der Waals surface area contributed by atoms with Crippen molar-refractivity contribution in [2.75, 3.05) is 13.6 Å². The fourth-order valence-corrected chi connectivity index (χ4v) is 2.81. The lowest BCUT2D eigenvalue weighted by molar-refractivity contribution is -0.160. The summed E-state index contributed by atoms with van der Waals surface area (Å²) >= 11 is 0. The number of carbonyl (C=O) groups is 3. The number of carbonyl (C=O) groups excluding carboxylic acids is 2. The number of carboxylic acid groups (broad SMARTS) is 1. The molecule has 1 aliphatic carbocycles. The van der Waals surface area contributed by atoms with Crippen LogP contribution in [0.1, 0.15) is 58.3 Å². The zero-order chi connectivity index (χ0) is 15.9. The number of hydrogen-bond donors (Lipinski definition) is 2. The van der Waals surface area contributed by atoms with Crippen LogP contribution in [0, 0.1) is 0 Å². The molecule has 6 heteroatoms. The van der Waals surface area contributed by atoms with Crippen LogP contribution in [0.4, 0.5) is 0 Å². The monoisotopic (exact) mass is 298 g/mol. The first-order valence-electron chi connectivity index (χ1n) is 7.71. The molecule has 0 aromatic heterocycles. The summed E-state index contributed by atoms with van der Waals surface area (Å²) in [7, 11) is 1.55. The van der Waals surface area contributed by atoms with Gasteiger partial charge < -0.3 is 15.3 Å². The Bertz CT molecular complexity index is 389. The number of nitrogens with one attached hydrogen (secondary N) is 1. The van der Waals surface area contributed by atoms with Crippen LogP contribution in [0.15, 0.2) is 0 Å². The van der Waals surface area contributed by atoms with E-state index in [0.717, 1.165) is 25.7 Å². The molecule has 0 aromatic carbocycles. The van der Waals surface area contributed by atoms with Crippen LogP contribution in [0.5, 0.6) is 0 Å². The first-order valence-corrected chi connectivity index (χ1v) is 7.71. The molecule has 0 atom stereocenters. The number of carboxylic acids is 1. The Morgan fingerprint density at radius 3 is 2.29 bits per heavy atom. The van der Waals surface area contributed by atoms with Crippen molar-refractivity contribution in [3.8, 4) is 0 Å². The second-order valence-electron chi connectivity index (χ2n) is 5.70. The summed E-state index contributed by atoms with van der Waals surface area (Å²) in [5.41, 5.74) is -1.09. The Hall–Kier alpha value is -1.59. The van der Waals surface area contributed by atoms with Gasteiger partial charge in [0.05, 0.1) is 0 Å². The number of nitrogens with zero attached hydrogens (tertiary/aromatic N) is 1. The van der Waals surface area contributed by atoms with E-state index >= 15 is 0 Å². The molecule has 21 heavy (non-hydrogen) atoms. The van der Waals surface area contributed by atoms with E-state index < -0.39 is 11.5 Å². The molecule has 0 aliphatic heterocycles. The van der Waals surface area contributed by atoms with Crippen LogP contribution < -0.4 is 5.32 Å². The highest BCUT2D eigenvalue weighted by molar-refractivity contribution is 5.89. The number of amides is 2. The Labute approximate surface area is 125 Å². The van der Waals surface area contributed by atoms with E-state index in [1.165, 1.54) is 4.90 Å². The van der Waals surface area contributed by atoms with Crippen molar-refractivity contribution in [2.45, 2.75) is 63.8 Å². The molecule has 2 amide bonds. The van der Waals surface area contributed by atoms with Gasteiger partial charge in [0.1, 0.15) is 5.54 Å². The third-order valence-corrected chi connectivity index (χ3v) is 4.23. The van der Waals surface area contributed by atoms with Gasteiger partial charge in [0, 0.05) is 26.4 Å². The molecule has 0 heterocycles. The van der Waals surface area contributed by atoms with Crippen molar-refractivity contribution in [3.63, 3.8) is 0 Å². The zero-order valence-corrected chi connectivity index (χ0v) is 13.0. The second-order valence-corrected chi connectivity index (χ2v) is 5.70. The van der Waals surface area contributed by atoms with Crippen molar-refractivity contribution in [1.29, 1.82) is 0 Å². The van der Waals surface area contributed by atoms with Crippen molar-refractivity contribution >= 4 is 17.8 Å². The molecular formula is C15H26N2O4. The predicted molar refractivity (Wildman–Crippen MR) is 78.8 cm³/mol. The highest BCUT2D eigenvalue weighted by Crippen LogP contribution is 2.33. The number of rotatable bonds is 7. The van der Waals surface area contributed by atoms with Gasteiger partial charge in [0.15, 0.2) is 0 Å². The summed E-state index contributed by atoms with van der Waals surface area (Å²) in [6.45, 7) is 2.56. The third kappa shape index (κ3) is 4.44. The predicted octanol–water partition coefficient (Wildman–Crippen LogP) is 1.54. The highest BCUT2D eigenvalue weighted by atomic mass is 16.4. The SMILES string of the molecule is CCCNC(=O)CCC(=O)N(C)C1(C(=O)O)CCCCC1. The molecule has 1 fully saturated rings. The van der Waals surface area contributed by atoms with Gasteiger partial charge in [0.25, 0.3) is 0 Å². The molecule has 1 rings (SSSR count). The number of hydrogen-bond acceptors (Lipinski definition) is 3. The smallest absolute Gasteiger partial charge is 0.329 e. The molecule has 1 saturated carbocycles. The van der Waals surface area contributed by atoms with E-state index in [9.17, 15) is 19.5 Å². The highest BCUT2D eigenvalue weighted by Gasteiger charge is 2.45. The molecule has 120 valence electrons. The van der Waals surface area contributed by atoms with Crippen molar-refractivity contribution in [2.24, 2.45) is 0 Å². The number of aliphatic carboxylic acids is 1. The molecule has 2 N–H and O–H groups in total. The number of likely N-dealkylation sites (N-methyl/N-ethyl adjacent to an activating group) is 1. The fourth-order valence-electron chi connectivity index (χ4n) is 2.81. The first kappa shape index (κ1) is 17.5. The summed E-state index contributed by atoms with van der Waals surface area (Å²) in [5.74, 6) is -1.37. The lowest BCUT2D eigenvalue weighted by Crippen LogP contribution is -2.56. The summed E-state index contributed by atoms with van der Waals surface area (Å²) in [6.07, 6.45) is 4.65. The van der Waals surface area contributed by atoms with Gasteiger partial charge in [-0.25, -0.2) is 4.79 Å². The van der Waals surface area contributed by atoms with Gasteiger partial charge in [-0.1, -0.05) is 26.2 Å². The average Bonchev–Trinajstić information content (AvgIpc) is 2.50. The van der Waals surface area contributed by atoms with Gasteiger partial charge >= 0.3 is 5.97 Å². The summed E-state index contributed by atoms with van der Waals surface area (Å²) < 4.78 is 0. The van der Waals surface area contributed by atoms with Gasteiger partial charge in [-0.05, 0) is 19.3 Å². The van der Waals surface area contributed by atoms with Crippen LogP contribution in [0.3, 0.4) is 0 Å². The molecule has 0 unspecified atom stereocenters. The molecule has 0 aromatic rings. The van der Waals surface area contributed by atoms with Crippen LogP contribution >= 0.6 is 0 Å². The largest absolute Gasteiger partial charge is 0.479 e. The molecule has 0 spiro atoms. The van der Waals surface area contributed by atoms with Crippen LogP contribution in [-0.2, 0) is 14.4 Å². The van der Waals surface area contributed by atoms with Gasteiger partial charge in [-0.3, -0.25) is 9.59 Å². The quantitative estimate of drug-likeness (QED) is 0.746. The van der Waals surface area contributed by atoms with Crippen molar-refractivity contribution < 1.29 is 19.5 Å². The third-order valence-electron chi connectivity index (χ3n) is 4.23. The summed E-state index contributed by atoms with van der Waals surface area (Å²) in [5, 5.41) is 12.2. The maximum Gasteiger partial charge on any atom is 0.329 e. The molecular weight excluding hydrogens is 272 g/mol. The van der Waals surface area contributed by atoms with E-state index in [2.05, 4.69) is 5.32 Å². The molecule has 0 radical (unpaired) electrons. The lowest BCUT2D eigenvalue weighted by Gasteiger charge is -2.41. The van der Waals surface area contributed by atoms with Gasteiger partial charge in [-0.15, -0.1) is 0 Å². The van der Waals surface area contributed by atoms with Crippen LogP contribution in [-0.4, -0.2) is 46.9 Å². The van der Waals surface area contributed by atoms with Gasteiger partial charge in [0.2, 0.25) is 11.8 Å². The minimum absolute atomic E-state index is 0.0566. The molecule has 1 aliphatic rings. The molecule has 6 nitrogen and oxygen atoms in total. The minimum Gasteiger partial charge on any atom is -0.479 e. The Morgan fingerprint density at radius 1 is 1.14 bits per heavy atom. The van der Waals surface area contributed by atoms with Crippen molar-refractivity contribution in [1.82, 2.24) is 10.2 Å². The standard InChI is InChI=1S/C15H26N2O4/c1-3-11-16-12(18)7-8-13(19)17(2)15(14(20)21)9-5-4-6-10-15/h3-11H2,1-2H3,(H,16,18)(H,20,21). The van der Waals surface area contributed by atoms with Gasteiger partial charge in [-0.2, -0.15) is 0 Å². The molecule has 0 saturated heterocycles. The Kier molecular flexibility index (Phi) is 6.65. The normalized spacial score (nSPS) is 17.0. The topological polar surface area (TPSA) is 86.7 Å². The lowest BCUT2D eigenvalue weighted by atomic mass is 9.80. The molecule has 0 bridgehead atoms. The minimum atomic E-state index is -1.09. The average molecular weight is 298 g/mol. The van der Waals surface area contributed by atoms with E-state index in [1.54, 1.807) is 7.05 Å². The first-order chi connectivity index (χ1) is 9.94. The van der Waals surface area contributed by atoms with Crippen LogP contribution in [0.25, 0.3) is 0 Å². The van der Waals surface area contributed by atoms with E-state index in [4.69, 9.17) is 0 Å². The maximum atomic E-state index is 12.2. The van der Waals surface area contributed by atoms with E-state index in [-0.39, 0.29) is 24.7 Å². The van der Waals surface area contributed by atoms with Crippen molar-refractivity contribution in [3.05, 3.63) is 0 Å². The summed E-state index contributed by atoms with van der Waals surface area (Å²) in [6, 6.07) is 0. The Balaban J connectivity index is 2.59. The van der Waals surface area contributed by atoms with Crippen LogP contribution in [0.2, 0.25) is 0 Å². The maximum absolute atomic E-state index is 12.2. The van der Waals surface area contributed by atoms with E-state index in [0.29, 0.717) is 19.4 Å². The zero-order valence-electron chi connectivity index (χ0n) is 13.0. The summed E-state index contributed by atoms with van der Waals surface area (Å²) in [4.78, 5) is 36.7. The fraction of sp³-hybridized carbons (Fsp3) is 0.800. The second kappa shape index (κ2) is 8.00. The van der Waals surface area contributed by atoms with E-state index in [1.807, 2.05) is 6.92 Å².